The predicted molar refractivity (Wildman–Crippen MR) is 127 cm³/mol. The lowest BCUT2D eigenvalue weighted by atomic mass is 9.89. The summed E-state index contributed by atoms with van der Waals surface area (Å²) in [4.78, 5) is 6.23. The zero-order chi connectivity index (χ0) is 20.5. The first-order chi connectivity index (χ1) is 14.7. The number of piperidine rings is 1. The highest BCUT2D eigenvalue weighted by Crippen LogP contribution is 2.38. The average Bonchev–Trinajstić information content (AvgIpc) is 3.13. The average molecular weight is 435 g/mol. The van der Waals surface area contributed by atoms with E-state index in [4.69, 9.17) is 23.2 Å². The molecule has 0 atom stereocenters. The third-order valence-corrected chi connectivity index (χ3v) is 6.88. The highest BCUT2D eigenvalue weighted by Gasteiger charge is 2.25. The second-order valence-electron chi connectivity index (χ2n) is 8.08. The van der Waals surface area contributed by atoms with Crippen molar-refractivity contribution in [2.45, 2.75) is 25.3 Å². The van der Waals surface area contributed by atoms with Crippen LogP contribution in [0.2, 0.25) is 10.0 Å². The minimum atomic E-state index is 0.429. The minimum absolute atomic E-state index is 0.429. The van der Waals surface area contributed by atoms with Crippen LogP contribution in [0.4, 0.5) is 0 Å². The number of nitrogens with zero attached hydrogens (tertiary/aromatic N) is 1. The number of nitrogens with one attached hydrogen (secondary N) is 1. The lowest BCUT2D eigenvalue weighted by Crippen LogP contribution is -2.32. The van der Waals surface area contributed by atoms with Crippen molar-refractivity contribution in [3.05, 3.63) is 94.1 Å². The number of aromatic amines is 1. The van der Waals surface area contributed by atoms with Crippen molar-refractivity contribution in [1.29, 1.82) is 0 Å². The zero-order valence-electron chi connectivity index (χ0n) is 16.7. The molecule has 152 valence electrons. The zero-order valence-corrected chi connectivity index (χ0v) is 18.3. The third-order valence-electron chi connectivity index (χ3n) is 6.22. The van der Waals surface area contributed by atoms with Crippen LogP contribution in [0.1, 0.15) is 30.0 Å². The Morgan fingerprint density at radius 3 is 2.20 bits per heavy atom. The fraction of sp³-hybridized carbons (Fsp3) is 0.231. The number of likely N-dealkylation sites (tertiary alicyclic amines) is 1. The number of hydrogen-bond donors (Lipinski definition) is 1. The minimum Gasteiger partial charge on any atom is -0.357 e. The molecule has 4 heteroatoms. The van der Waals surface area contributed by atoms with E-state index in [2.05, 4.69) is 64.5 Å². The van der Waals surface area contributed by atoms with Gasteiger partial charge in [0.25, 0.3) is 0 Å². The molecule has 3 aromatic carbocycles. The third kappa shape index (κ3) is 3.76. The number of aromatic nitrogens is 1. The van der Waals surface area contributed by atoms with Crippen LogP contribution in [0.5, 0.6) is 0 Å². The molecule has 0 aliphatic carbocycles. The molecule has 1 aliphatic rings. The normalized spacial score (nSPS) is 15.7. The van der Waals surface area contributed by atoms with Crippen LogP contribution in [0.25, 0.3) is 22.0 Å². The van der Waals surface area contributed by atoms with Crippen molar-refractivity contribution >= 4 is 34.1 Å². The molecule has 1 fully saturated rings. The summed E-state index contributed by atoms with van der Waals surface area (Å²) in [6.45, 7) is 2.99. The van der Waals surface area contributed by atoms with Crippen LogP contribution in [0, 0.1) is 0 Å². The van der Waals surface area contributed by atoms with Crippen LogP contribution < -0.4 is 0 Å². The molecule has 0 unspecified atom stereocenters. The standard InChI is InChI=1S/C26H24Cl2N2/c27-21-10-6-11-22(28)26(21)19-13-15-30(16-14-19)17-24-25(18-7-2-1-3-8-18)20-9-4-5-12-23(20)29-24/h1-12,19,29H,13-17H2. The Labute approximate surface area is 187 Å². The van der Waals surface area contributed by atoms with Crippen molar-refractivity contribution in [1.82, 2.24) is 9.88 Å². The second-order valence-corrected chi connectivity index (χ2v) is 8.89. The molecule has 1 N–H and O–H groups in total. The summed E-state index contributed by atoms with van der Waals surface area (Å²) in [5.41, 5.74) is 6.20. The molecule has 4 aromatic rings. The Morgan fingerprint density at radius 2 is 1.47 bits per heavy atom. The number of halogens is 2. The van der Waals surface area contributed by atoms with E-state index in [1.807, 2.05) is 18.2 Å². The van der Waals surface area contributed by atoms with E-state index < -0.39 is 0 Å². The summed E-state index contributed by atoms with van der Waals surface area (Å²) in [5.74, 6) is 0.429. The van der Waals surface area contributed by atoms with E-state index >= 15 is 0 Å². The molecule has 1 aromatic heterocycles. The first-order valence-corrected chi connectivity index (χ1v) is 11.3. The van der Waals surface area contributed by atoms with Crippen molar-refractivity contribution < 1.29 is 0 Å². The molecule has 5 rings (SSSR count). The van der Waals surface area contributed by atoms with E-state index in [0.29, 0.717) is 5.92 Å². The Bertz CT molecular complexity index is 1140. The monoisotopic (exact) mass is 434 g/mol. The number of hydrogen-bond acceptors (Lipinski definition) is 1. The molecule has 1 saturated heterocycles. The van der Waals surface area contributed by atoms with Gasteiger partial charge in [-0.3, -0.25) is 4.90 Å². The van der Waals surface area contributed by atoms with Crippen LogP contribution >= 0.6 is 23.2 Å². The molecular formula is C26H24Cl2N2. The first-order valence-electron chi connectivity index (χ1n) is 10.5. The molecule has 30 heavy (non-hydrogen) atoms. The van der Waals surface area contributed by atoms with Gasteiger partial charge in [0, 0.05) is 38.8 Å². The molecular weight excluding hydrogens is 411 g/mol. The van der Waals surface area contributed by atoms with Gasteiger partial charge in [-0.1, -0.05) is 77.8 Å². The highest BCUT2D eigenvalue weighted by molar-refractivity contribution is 6.36. The molecule has 2 nitrogen and oxygen atoms in total. The van der Waals surface area contributed by atoms with Crippen LogP contribution in [0.15, 0.2) is 72.8 Å². The number of fused-ring (bicyclic) bond motifs is 1. The summed E-state index contributed by atoms with van der Waals surface area (Å²) < 4.78 is 0. The lowest BCUT2D eigenvalue weighted by Gasteiger charge is -2.33. The van der Waals surface area contributed by atoms with Gasteiger partial charge in [-0.15, -0.1) is 0 Å². The number of rotatable bonds is 4. The maximum Gasteiger partial charge on any atom is 0.0462 e. The van der Waals surface area contributed by atoms with Crippen LogP contribution in [0.3, 0.4) is 0 Å². The summed E-state index contributed by atoms with van der Waals surface area (Å²) >= 11 is 12.9. The van der Waals surface area contributed by atoms with Crippen molar-refractivity contribution in [2.75, 3.05) is 13.1 Å². The van der Waals surface area contributed by atoms with E-state index in [9.17, 15) is 0 Å². The maximum absolute atomic E-state index is 6.46. The molecule has 0 saturated carbocycles. The van der Waals surface area contributed by atoms with Gasteiger partial charge < -0.3 is 4.98 Å². The fourth-order valence-electron chi connectivity index (χ4n) is 4.75. The maximum atomic E-state index is 6.46. The fourth-order valence-corrected chi connectivity index (χ4v) is 5.46. The van der Waals surface area contributed by atoms with Gasteiger partial charge in [0.05, 0.1) is 0 Å². The number of benzene rings is 3. The van der Waals surface area contributed by atoms with Crippen molar-refractivity contribution in [3.63, 3.8) is 0 Å². The second kappa shape index (κ2) is 8.47. The van der Waals surface area contributed by atoms with Gasteiger partial charge in [0.1, 0.15) is 0 Å². The first kappa shape index (κ1) is 19.7. The van der Waals surface area contributed by atoms with E-state index in [0.717, 1.165) is 48.1 Å². The molecule has 1 aliphatic heterocycles. The Hall–Kier alpha value is -2.26. The SMILES string of the molecule is Clc1cccc(Cl)c1C1CCN(Cc2[nH]c3ccccc3c2-c2ccccc2)CC1. The van der Waals surface area contributed by atoms with Gasteiger partial charge in [-0.25, -0.2) is 0 Å². The number of para-hydroxylation sites is 1. The van der Waals surface area contributed by atoms with E-state index in [-0.39, 0.29) is 0 Å². The van der Waals surface area contributed by atoms with Gasteiger partial charge in [-0.05, 0) is 61.2 Å². The summed E-state index contributed by atoms with van der Waals surface area (Å²) in [7, 11) is 0. The summed E-state index contributed by atoms with van der Waals surface area (Å²) in [5, 5.41) is 2.88. The van der Waals surface area contributed by atoms with Crippen molar-refractivity contribution in [3.8, 4) is 11.1 Å². The topological polar surface area (TPSA) is 19.0 Å². The van der Waals surface area contributed by atoms with Gasteiger partial charge in [-0.2, -0.15) is 0 Å². The molecule has 2 heterocycles. The predicted octanol–water partition coefficient (Wildman–Crippen LogP) is 7.52. The number of H-pyrrole nitrogens is 1. The van der Waals surface area contributed by atoms with E-state index in [1.54, 1.807) is 0 Å². The summed E-state index contributed by atoms with van der Waals surface area (Å²) in [6.07, 6.45) is 2.15. The molecule has 0 radical (unpaired) electrons. The largest absolute Gasteiger partial charge is 0.357 e. The van der Waals surface area contributed by atoms with Crippen LogP contribution in [-0.4, -0.2) is 23.0 Å². The van der Waals surface area contributed by atoms with Gasteiger partial charge in [0.15, 0.2) is 0 Å². The quantitative estimate of drug-likeness (QED) is 0.351. The Morgan fingerprint density at radius 1 is 0.800 bits per heavy atom. The highest BCUT2D eigenvalue weighted by atomic mass is 35.5. The smallest absolute Gasteiger partial charge is 0.0462 e. The van der Waals surface area contributed by atoms with E-state index in [1.165, 1.54) is 27.7 Å². The lowest BCUT2D eigenvalue weighted by molar-refractivity contribution is 0.203. The van der Waals surface area contributed by atoms with Gasteiger partial charge >= 0.3 is 0 Å². The Balaban J connectivity index is 1.39. The molecule has 0 spiro atoms. The summed E-state index contributed by atoms with van der Waals surface area (Å²) in [6, 6.07) is 25.1. The van der Waals surface area contributed by atoms with Gasteiger partial charge in [0.2, 0.25) is 0 Å². The van der Waals surface area contributed by atoms with Crippen LogP contribution in [-0.2, 0) is 6.54 Å². The molecule has 0 amide bonds. The van der Waals surface area contributed by atoms with Crippen molar-refractivity contribution in [2.24, 2.45) is 0 Å². The molecule has 0 bridgehead atoms. The Kier molecular flexibility index (Phi) is 5.56.